The predicted octanol–water partition coefficient (Wildman–Crippen LogP) is 7.81. The van der Waals surface area contributed by atoms with Gasteiger partial charge in [0.2, 0.25) is 0 Å². The van der Waals surface area contributed by atoms with Gasteiger partial charge in [-0.3, -0.25) is 14.4 Å². The summed E-state index contributed by atoms with van der Waals surface area (Å²) in [6, 6.07) is 0. The van der Waals surface area contributed by atoms with Crippen molar-refractivity contribution < 1.29 is 42.9 Å². The van der Waals surface area contributed by atoms with Gasteiger partial charge < -0.3 is 23.7 Å². The van der Waals surface area contributed by atoms with Crippen LogP contribution in [0, 0.1) is 0 Å². The molecule has 1 unspecified atom stereocenters. The topological polar surface area (TPSA) is 114 Å². The number of hydrogen-bond donors (Lipinski definition) is 0. The van der Waals surface area contributed by atoms with Crippen LogP contribution in [-0.4, -0.2) is 65.0 Å². The molecule has 0 bridgehead atoms. The Bertz CT molecular complexity index is 548. The summed E-state index contributed by atoms with van der Waals surface area (Å²) < 4.78 is 29.9. The van der Waals surface area contributed by atoms with Gasteiger partial charge in [0.1, 0.15) is 0 Å². The standard InChI is InChI=1S/C12H24O2.C10H18O4.C7H14O3.CH5P/c1-3-4-5-6-7-8-9-10-11-14-12(2)13;1-9(11)13-7-5-3-4-6-8-14-10(2)12;1-3-5-9-7(8)10-6-4-2;1-2/h3-11H2,1-2H3;3-8H2,1-2H3;3-6H2,1-2H3;2H2,1H3/i;;;2D. The Balaban J connectivity index is -0.000000242. The van der Waals surface area contributed by atoms with Crippen molar-refractivity contribution in [2.75, 3.05) is 39.7 Å². The van der Waals surface area contributed by atoms with E-state index in [1.807, 2.05) is 20.5 Å². The minimum absolute atomic E-state index is 0.159. The molecule has 10 heteroatoms. The van der Waals surface area contributed by atoms with Crippen LogP contribution in [0.4, 0.5) is 4.79 Å². The number of unbranched alkanes of at least 4 members (excludes halogenated alkanes) is 10. The first-order chi connectivity index (χ1) is 19.6. The monoisotopic (exact) mass is 597 g/mol. The van der Waals surface area contributed by atoms with Crippen LogP contribution in [0.2, 0.25) is 0 Å². The van der Waals surface area contributed by atoms with Gasteiger partial charge >= 0.3 is 24.1 Å². The summed E-state index contributed by atoms with van der Waals surface area (Å²) in [4.78, 5) is 41.7. The van der Waals surface area contributed by atoms with Gasteiger partial charge in [0.15, 0.2) is 0 Å². The minimum atomic E-state index is -0.552. The maximum absolute atomic E-state index is 10.5. The van der Waals surface area contributed by atoms with E-state index in [2.05, 4.69) is 16.4 Å². The molecule has 0 heterocycles. The molecule has 0 aromatic heterocycles. The van der Waals surface area contributed by atoms with Crippen molar-refractivity contribution in [2.24, 2.45) is 0 Å². The quantitative estimate of drug-likeness (QED) is 0.0599. The molecule has 0 saturated heterocycles. The Hall–Kier alpha value is -1.89. The second-order valence-electron chi connectivity index (χ2n) is 8.86. The van der Waals surface area contributed by atoms with E-state index >= 15 is 0 Å². The molecule has 0 amide bonds. The smallest absolute Gasteiger partial charge is 0.466 e. The van der Waals surface area contributed by atoms with Crippen LogP contribution < -0.4 is 0 Å². The van der Waals surface area contributed by atoms with Crippen LogP contribution >= 0.6 is 9.18 Å². The molecule has 0 aromatic rings. The van der Waals surface area contributed by atoms with Crippen LogP contribution in [0.15, 0.2) is 0 Å². The normalized spacial score (nSPS) is 9.93. The number of carbonyl (C=O) groups excluding carboxylic acids is 4. The molecule has 0 aliphatic rings. The predicted molar refractivity (Wildman–Crippen MR) is 164 cm³/mol. The minimum Gasteiger partial charge on any atom is -0.466 e. The summed E-state index contributed by atoms with van der Waals surface area (Å²) in [6.45, 7) is 14.7. The van der Waals surface area contributed by atoms with Gasteiger partial charge in [-0.05, 0) is 44.9 Å². The van der Waals surface area contributed by atoms with E-state index in [1.165, 1.54) is 65.7 Å². The molecular weight excluding hydrogens is 535 g/mol. The van der Waals surface area contributed by atoms with Crippen molar-refractivity contribution in [3.05, 3.63) is 0 Å². The zero-order valence-corrected chi connectivity index (χ0v) is 27.6. The van der Waals surface area contributed by atoms with E-state index < -0.39 is 6.16 Å². The first kappa shape index (κ1) is 42.6. The van der Waals surface area contributed by atoms with Crippen LogP contribution in [0.25, 0.3) is 0 Å². The summed E-state index contributed by atoms with van der Waals surface area (Å²) in [6.07, 6.45) is 15.1. The molecule has 0 rings (SSSR count). The van der Waals surface area contributed by atoms with Crippen molar-refractivity contribution in [1.82, 2.24) is 0 Å². The van der Waals surface area contributed by atoms with E-state index in [4.69, 9.17) is 15.5 Å². The second-order valence-corrected chi connectivity index (χ2v) is 8.86. The first-order valence-electron chi connectivity index (χ1n) is 15.4. The van der Waals surface area contributed by atoms with Gasteiger partial charge in [0.25, 0.3) is 0 Å². The lowest BCUT2D eigenvalue weighted by Crippen LogP contribution is -2.08. The van der Waals surface area contributed by atoms with Gasteiger partial charge in [-0.1, -0.05) is 72.4 Å². The lowest BCUT2D eigenvalue weighted by molar-refractivity contribution is -0.142. The van der Waals surface area contributed by atoms with Crippen LogP contribution in [0.3, 0.4) is 0 Å². The Morgan fingerprint density at radius 1 is 0.475 bits per heavy atom. The highest BCUT2D eigenvalue weighted by Crippen LogP contribution is 2.08. The number of carbonyl (C=O) groups is 4. The summed E-state index contributed by atoms with van der Waals surface area (Å²) in [5.41, 5.74) is 0. The summed E-state index contributed by atoms with van der Waals surface area (Å²) in [5, 5.41) is 0. The maximum atomic E-state index is 10.5. The van der Waals surface area contributed by atoms with Gasteiger partial charge in [-0.15, -0.1) is 9.18 Å². The van der Waals surface area contributed by atoms with Crippen LogP contribution in [-0.2, 0) is 38.1 Å². The molecule has 0 fully saturated rings. The highest BCUT2D eigenvalue weighted by molar-refractivity contribution is 7.15. The molecule has 9 nitrogen and oxygen atoms in total. The van der Waals surface area contributed by atoms with E-state index in [1.54, 1.807) is 0 Å². The van der Waals surface area contributed by atoms with Crippen LogP contribution in [0.1, 0.15) is 131 Å². The molecule has 0 aliphatic carbocycles. The van der Waals surface area contributed by atoms with Gasteiger partial charge in [0.05, 0.1) is 34.3 Å². The summed E-state index contributed by atoms with van der Waals surface area (Å²) in [5.74, 6) is -0.622. The van der Waals surface area contributed by atoms with Gasteiger partial charge in [0, 0.05) is 20.8 Å². The molecular formula is C30H61O9P. The molecule has 0 aliphatic heterocycles. The zero-order chi connectivity index (χ0) is 32.0. The average Bonchev–Trinajstić information content (AvgIpc) is 2.92. The Labute approximate surface area is 248 Å². The SMILES string of the molecule is CC(=O)OCCCCCCOC(C)=O.CCCCCCCCCCOC(C)=O.CCCOC(=O)OCCC.[2H]PC. The molecule has 0 N–H and O–H groups in total. The van der Waals surface area contributed by atoms with Gasteiger partial charge in [-0.25, -0.2) is 4.79 Å². The largest absolute Gasteiger partial charge is 0.508 e. The van der Waals surface area contributed by atoms with Crippen molar-refractivity contribution in [1.29, 1.82) is 1.28 Å². The van der Waals surface area contributed by atoms with E-state index in [0.29, 0.717) is 42.2 Å². The van der Waals surface area contributed by atoms with E-state index in [9.17, 15) is 19.2 Å². The van der Waals surface area contributed by atoms with Crippen molar-refractivity contribution in [2.45, 2.75) is 131 Å². The molecule has 0 radical (unpaired) electrons. The molecule has 240 valence electrons. The van der Waals surface area contributed by atoms with E-state index in [0.717, 1.165) is 44.9 Å². The van der Waals surface area contributed by atoms with Crippen LogP contribution in [0.5, 0.6) is 0 Å². The Morgan fingerprint density at radius 3 is 1.00 bits per heavy atom. The summed E-state index contributed by atoms with van der Waals surface area (Å²) in [7, 11) is 0.333. The highest BCUT2D eigenvalue weighted by atomic mass is 31.0. The molecule has 0 spiro atoms. The lowest BCUT2D eigenvalue weighted by Gasteiger charge is -2.02. The van der Waals surface area contributed by atoms with Gasteiger partial charge in [-0.2, -0.15) is 0 Å². The fraction of sp³-hybridized carbons (Fsp3) is 0.867. The second kappa shape index (κ2) is 41.6. The fourth-order valence-electron chi connectivity index (χ4n) is 2.85. The molecule has 40 heavy (non-hydrogen) atoms. The third kappa shape index (κ3) is 56.3. The first-order valence-corrected chi connectivity index (χ1v) is 15.9. The number of rotatable bonds is 20. The number of esters is 3. The van der Waals surface area contributed by atoms with Crippen molar-refractivity contribution >= 4 is 33.2 Å². The summed E-state index contributed by atoms with van der Waals surface area (Å²) >= 11 is 0. The average molecular weight is 598 g/mol. The van der Waals surface area contributed by atoms with Crippen molar-refractivity contribution in [3.8, 4) is 0 Å². The highest BCUT2D eigenvalue weighted by Gasteiger charge is 1.99. The Kier molecular flexibility index (Phi) is 44.3. The number of ether oxygens (including phenoxy) is 5. The van der Waals surface area contributed by atoms with Crippen molar-refractivity contribution in [3.63, 3.8) is 0 Å². The fourth-order valence-corrected chi connectivity index (χ4v) is 2.85. The van der Waals surface area contributed by atoms with E-state index in [-0.39, 0.29) is 17.9 Å². The molecule has 0 aromatic carbocycles. The third-order valence-corrected chi connectivity index (χ3v) is 4.80. The maximum Gasteiger partial charge on any atom is 0.508 e. The Morgan fingerprint density at radius 2 is 0.750 bits per heavy atom. The zero-order valence-electron chi connectivity index (χ0n) is 27.6. The third-order valence-electron chi connectivity index (χ3n) is 4.80. The lowest BCUT2D eigenvalue weighted by atomic mass is 10.1. The number of hydrogen-bond acceptors (Lipinski definition) is 9. The molecule has 0 saturated carbocycles. The molecule has 1 atom stereocenters.